The van der Waals surface area contributed by atoms with Crippen molar-refractivity contribution in [2.45, 2.75) is 50.7 Å². The molecular weight excluding hydrogens is 199 g/mol. The minimum atomic E-state index is -0.664. The van der Waals surface area contributed by atoms with Crippen molar-refractivity contribution in [2.24, 2.45) is 0 Å². The molecule has 0 amide bonds. The van der Waals surface area contributed by atoms with Crippen LogP contribution in [0.25, 0.3) is 0 Å². The Morgan fingerprint density at radius 2 is 1.67 bits per heavy atom. The van der Waals surface area contributed by atoms with E-state index >= 15 is 0 Å². The summed E-state index contributed by atoms with van der Waals surface area (Å²) < 4.78 is 2.74. The molecule has 1 fully saturated rings. The predicted octanol–water partition coefficient (Wildman–Crippen LogP) is 2.43. The summed E-state index contributed by atoms with van der Waals surface area (Å²) in [5, 5.41) is 0. The number of nitrogens with zero attached hydrogens (tertiary/aromatic N) is 2. The van der Waals surface area contributed by atoms with Crippen LogP contribution in [0.1, 0.15) is 33.6 Å². The summed E-state index contributed by atoms with van der Waals surface area (Å²) in [5.41, 5.74) is 0.361. The second-order valence-corrected chi connectivity index (χ2v) is 8.82. The highest BCUT2D eigenvalue weighted by atomic mass is 27.2. The van der Waals surface area contributed by atoms with Gasteiger partial charge >= 0.3 is 14.4 Å². The van der Waals surface area contributed by atoms with Crippen LogP contribution in [0, 0.1) is 0 Å². The zero-order chi connectivity index (χ0) is 11.5. The summed E-state index contributed by atoms with van der Waals surface area (Å²) in [7, 11) is 0. The van der Waals surface area contributed by atoms with Gasteiger partial charge in [-0.15, -0.1) is 0 Å². The van der Waals surface area contributed by atoms with Crippen molar-refractivity contribution in [3.63, 3.8) is 0 Å². The van der Waals surface area contributed by atoms with Crippen molar-refractivity contribution < 1.29 is 0 Å². The van der Waals surface area contributed by atoms with Gasteiger partial charge in [-0.3, -0.25) is 0 Å². The molecule has 0 bridgehead atoms. The van der Waals surface area contributed by atoms with Crippen LogP contribution in [-0.4, -0.2) is 54.9 Å². The number of hydrogen-bond acceptors (Lipinski definition) is 2. The van der Waals surface area contributed by atoms with Crippen molar-refractivity contribution in [3.8, 4) is 0 Å². The summed E-state index contributed by atoms with van der Waals surface area (Å²) in [6, 6.07) is 0. The van der Waals surface area contributed by atoms with Gasteiger partial charge in [0.05, 0.1) is 0 Å². The number of hydrogen-bond donors (Lipinski definition) is 0. The highest BCUT2D eigenvalue weighted by Gasteiger charge is 2.27. The van der Waals surface area contributed by atoms with Crippen LogP contribution in [0.3, 0.4) is 0 Å². The molecule has 0 N–H and O–H groups in total. The van der Waals surface area contributed by atoms with Gasteiger partial charge < -0.3 is 8.78 Å². The first-order valence-corrected chi connectivity index (χ1v) is 9.23. The lowest BCUT2D eigenvalue weighted by Gasteiger charge is -2.39. The van der Waals surface area contributed by atoms with Crippen molar-refractivity contribution >= 4 is 14.4 Å². The molecule has 0 aliphatic carbocycles. The third-order valence-electron chi connectivity index (χ3n) is 3.34. The van der Waals surface area contributed by atoms with Gasteiger partial charge in [0.1, 0.15) is 0 Å². The molecule has 3 heteroatoms. The van der Waals surface area contributed by atoms with Crippen LogP contribution in [0.2, 0.25) is 11.6 Å². The highest BCUT2D eigenvalue weighted by molar-refractivity contribution is 6.52. The van der Waals surface area contributed by atoms with Gasteiger partial charge in [-0.25, -0.2) is 0 Å². The monoisotopic (exact) mass is 226 g/mol. The maximum absolute atomic E-state index is 2.74. The van der Waals surface area contributed by atoms with E-state index in [1.54, 1.807) is 0 Å². The Bertz CT molecular complexity index is 181. The SMILES string of the molecule is [CH3][Al]([CH3])[N](CCN1CCCC1)C(C)(C)C. The van der Waals surface area contributed by atoms with Gasteiger partial charge in [0.2, 0.25) is 0 Å². The molecule has 0 spiro atoms. The molecule has 2 nitrogen and oxygen atoms in total. The van der Waals surface area contributed by atoms with Crippen LogP contribution in [0.15, 0.2) is 0 Å². The van der Waals surface area contributed by atoms with E-state index in [1.165, 1.54) is 39.0 Å². The zero-order valence-electron chi connectivity index (χ0n) is 11.2. The molecule has 1 rings (SSSR count). The average molecular weight is 226 g/mol. The molecule has 15 heavy (non-hydrogen) atoms. The third-order valence-corrected chi connectivity index (χ3v) is 5.62. The van der Waals surface area contributed by atoms with Crippen molar-refractivity contribution in [1.82, 2.24) is 8.78 Å². The largest absolute Gasteiger partial charge is 0.379 e. The van der Waals surface area contributed by atoms with Crippen LogP contribution < -0.4 is 0 Å². The first-order valence-electron chi connectivity index (χ1n) is 6.40. The van der Waals surface area contributed by atoms with Gasteiger partial charge in [0, 0.05) is 6.54 Å². The van der Waals surface area contributed by atoms with Crippen LogP contribution in [-0.2, 0) is 0 Å². The van der Waals surface area contributed by atoms with E-state index in [1.807, 2.05) is 0 Å². The van der Waals surface area contributed by atoms with Crippen LogP contribution in [0.4, 0.5) is 0 Å². The Balaban J connectivity index is 2.37. The fraction of sp³-hybridized carbons (Fsp3) is 1.00. The summed E-state index contributed by atoms with van der Waals surface area (Å²) in [6.07, 6.45) is 2.82. The maximum atomic E-state index is 2.74. The molecule has 0 atom stereocenters. The second kappa shape index (κ2) is 5.68. The minimum absolute atomic E-state index is 0.361. The van der Waals surface area contributed by atoms with Crippen molar-refractivity contribution in [1.29, 1.82) is 0 Å². The van der Waals surface area contributed by atoms with Gasteiger partial charge in [-0.05, 0) is 58.8 Å². The Morgan fingerprint density at radius 1 is 1.13 bits per heavy atom. The van der Waals surface area contributed by atoms with E-state index in [0.29, 0.717) is 5.54 Å². The third kappa shape index (κ3) is 4.45. The van der Waals surface area contributed by atoms with Gasteiger partial charge in [0.15, 0.2) is 0 Å². The quantitative estimate of drug-likeness (QED) is 0.679. The smallest absolute Gasteiger partial charge is 0.366 e. The lowest BCUT2D eigenvalue weighted by Crippen LogP contribution is -2.51. The molecule has 0 aromatic carbocycles. The molecule has 0 radical (unpaired) electrons. The second-order valence-electron chi connectivity index (χ2n) is 6.01. The van der Waals surface area contributed by atoms with E-state index in [2.05, 4.69) is 41.1 Å². The first kappa shape index (κ1) is 13.5. The molecule has 88 valence electrons. The molecule has 1 saturated heterocycles. The lowest BCUT2D eigenvalue weighted by atomic mass is 10.1. The van der Waals surface area contributed by atoms with Crippen molar-refractivity contribution in [3.05, 3.63) is 0 Å². The Hall–Kier alpha value is 0.452. The summed E-state index contributed by atoms with van der Waals surface area (Å²) in [5.74, 6) is 4.88. The molecule has 0 unspecified atom stereocenters. The molecular formula is C12H27AlN2. The number of likely N-dealkylation sites (tertiary alicyclic amines) is 1. The zero-order valence-corrected chi connectivity index (χ0v) is 12.4. The van der Waals surface area contributed by atoms with E-state index < -0.39 is 14.4 Å². The highest BCUT2D eigenvalue weighted by Crippen LogP contribution is 2.16. The molecule has 0 aromatic heterocycles. The standard InChI is InChI=1S/C10H21N2.2CH3.Al/c1-10(2,3)11-6-9-12-7-4-5-8-12;;;/h4-9H2,1-3H3;2*1H3;/q-1;;;+1. The van der Waals surface area contributed by atoms with E-state index in [4.69, 9.17) is 0 Å². The van der Waals surface area contributed by atoms with Crippen LogP contribution >= 0.6 is 0 Å². The Morgan fingerprint density at radius 3 is 2.07 bits per heavy atom. The van der Waals surface area contributed by atoms with Gasteiger partial charge in [0.25, 0.3) is 0 Å². The predicted molar refractivity (Wildman–Crippen MR) is 69.6 cm³/mol. The Labute approximate surface area is 100 Å². The van der Waals surface area contributed by atoms with Gasteiger partial charge in [-0.1, -0.05) is 11.6 Å². The normalized spacial score (nSPS) is 18.8. The Kier molecular flexibility index (Phi) is 5.12. The molecule has 0 aromatic rings. The fourth-order valence-corrected chi connectivity index (χ4v) is 4.80. The average Bonchev–Trinajstić information content (AvgIpc) is 2.53. The van der Waals surface area contributed by atoms with E-state index in [-0.39, 0.29) is 0 Å². The van der Waals surface area contributed by atoms with E-state index in [0.717, 1.165) is 0 Å². The van der Waals surface area contributed by atoms with Crippen LogP contribution in [0.5, 0.6) is 0 Å². The molecule has 1 aliphatic heterocycles. The molecule has 0 saturated carbocycles. The minimum Gasteiger partial charge on any atom is -0.379 e. The summed E-state index contributed by atoms with van der Waals surface area (Å²) in [4.78, 5) is 2.62. The van der Waals surface area contributed by atoms with Crippen molar-refractivity contribution in [2.75, 3.05) is 26.2 Å². The number of rotatable bonds is 4. The maximum Gasteiger partial charge on any atom is 0.366 e. The molecule has 1 heterocycles. The lowest BCUT2D eigenvalue weighted by molar-refractivity contribution is 0.213. The summed E-state index contributed by atoms with van der Waals surface area (Å²) >= 11 is -0.664. The first-order chi connectivity index (χ1) is 6.91. The van der Waals surface area contributed by atoms with E-state index in [9.17, 15) is 0 Å². The fourth-order valence-electron chi connectivity index (χ4n) is 2.62. The topological polar surface area (TPSA) is 6.48 Å². The molecule has 1 aliphatic rings. The summed E-state index contributed by atoms with van der Waals surface area (Å²) in [6.45, 7) is 12.3. The van der Waals surface area contributed by atoms with Gasteiger partial charge in [-0.2, -0.15) is 0 Å².